The van der Waals surface area contributed by atoms with Gasteiger partial charge in [-0.1, -0.05) is 35.5 Å². The Morgan fingerprint density at radius 3 is 2.39 bits per heavy atom. The average Bonchev–Trinajstić information content (AvgIpc) is 3.03. The van der Waals surface area contributed by atoms with Gasteiger partial charge in [0.25, 0.3) is 0 Å². The Kier molecular flexibility index (Phi) is 4.54. The van der Waals surface area contributed by atoms with Crippen molar-refractivity contribution >= 4 is 0 Å². The predicted octanol–water partition coefficient (Wildman–Crippen LogP) is 2.31. The molecule has 2 aromatic carbocycles. The lowest BCUT2D eigenvalue weighted by Crippen LogP contribution is -2.09. The van der Waals surface area contributed by atoms with Crippen LogP contribution in [0.2, 0.25) is 0 Å². The Balaban J connectivity index is 1.89. The standard InChI is InChI=1S/C17H18N4O2/c1-22-16-9-5-6-10-17(16)23-12-15-14(11-18)19-20-21(15)13-7-3-2-4-8-13/h2-10H,11-12,18H2,1H3. The minimum atomic E-state index is 0.300. The van der Waals surface area contributed by atoms with E-state index in [1.54, 1.807) is 11.8 Å². The third-order valence-electron chi connectivity index (χ3n) is 3.47. The fourth-order valence-corrected chi connectivity index (χ4v) is 2.30. The van der Waals surface area contributed by atoms with Crippen LogP contribution in [0.1, 0.15) is 11.4 Å². The number of nitrogens with zero attached hydrogens (tertiary/aromatic N) is 3. The van der Waals surface area contributed by atoms with Crippen LogP contribution < -0.4 is 15.2 Å². The van der Waals surface area contributed by atoms with Crippen LogP contribution in [0.3, 0.4) is 0 Å². The molecule has 6 heteroatoms. The van der Waals surface area contributed by atoms with Gasteiger partial charge in [-0.25, -0.2) is 4.68 Å². The van der Waals surface area contributed by atoms with E-state index in [1.807, 2.05) is 54.6 Å². The molecule has 0 aliphatic rings. The summed E-state index contributed by atoms with van der Waals surface area (Å²) in [5.74, 6) is 1.35. The number of para-hydroxylation sites is 3. The molecule has 0 aliphatic heterocycles. The normalized spacial score (nSPS) is 10.5. The Morgan fingerprint density at radius 2 is 1.70 bits per heavy atom. The molecule has 23 heavy (non-hydrogen) atoms. The lowest BCUT2D eigenvalue weighted by molar-refractivity contribution is 0.277. The largest absolute Gasteiger partial charge is 0.493 e. The molecule has 0 unspecified atom stereocenters. The van der Waals surface area contributed by atoms with Crippen LogP contribution >= 0.6 is 0 Å². The van der Waals surface area contributed by atoms with Gasteiger partial charge in [-0.15, -0.1) is 5.10 Å². The lowest BCUT2D eigenvalue weighted by Gasteiger charge is -2.12. The molecule has 1 aromatic heterocycles. The third kappa shape index (κ3) is 3.17. The lowest BCUT2D eigenvalue weighted by atomic mass is 10.2. The number of methoxy groups -OCH3 is 1. The van der Waals surface area contributed by atoms with Crippen LogP contribution in [-0.4, -0.2) is 22.1 Å². The molecule has 0 saturated carbocycles. The summed E-state index contributed by atoms with van der Waals surface area (Å²) in [6.07, 6.45) is 0. The maximum absolute atomic E-state index is 5.90. The van der Waals surface area contributed by atoms with E-state index >= 15 is 0 Å². The quantitative estimate of drug-likeness (QED) is 0.756. The smallest absolute Gasteiger partial charge is 0.161 e. The summed E-state index contributed by atoms with van der Waals surface area (Å²) >= 11 is 0. The van der Waals surface area contributed by atoms with Crippen molar-refractivity contribution in [1.29, 1.82) is 0 Å². The van der Waals surface area contributed by atoms with E-state index in [2.05, 4.69) is 10.3 Å². The first kappa shape index (κ1) is 15.1. The van der Waals surface area contributed by atoms with E-state index < -0.39 is 0 Å². The SMILES string of the molecule is COc1ccccc1OCc1c(CN)nnn1-c1ccccc1. The Bertz CT molecular complexity index is 771. The van der Waals surface area contributed by atoms with Gasteiger partial charge in [0.15, 0.2) is 11.5 Å². The van der Waals surface area contributed by atoms with Crippen molar-refractivity contribution in [3.63, 3.8) is 0 Å². The second kappa shape index (κ2) is 6.93. The average molecular weight is 310 g/mol. The highest BCUT2D eigenvalue weighted by atomic mass is 16.5. The van der Waals surface area contributed by atoms with Gasteiger partial charge in [0.1, 0.15) is 18.0 Å². The highest BCUT2D eigenvalue weighted by Gasteiger charge is 2.14. The number of benzene rings is 2. The molecule has 118 valence electrons. The van der Waals surface area contributed by atoms with Crippen molar-refractivity contribution in [2.24, 2.45) is 5.73 Å². The van der Waals surface area contributed by atoms with Crippen LogP contribution in [0.25, 0.3) is 5.69 Å². The van der Waals surface area contributed by atoms with Crippen molar-refractivity contribution in [3.8, 4) is 17.2 Å². The highest BCUT2D eigenvalue weighted by Crippen LogP contribution is 2.27. The number of ether oxygens (including phenoxy) is 2. The van der Waals surface area contributed by atoms with Crippen LogP contribution in [0.5, 0.6) is 11.5 Å². The van der Waals surface area contributed by atoms with Gasteiger partial charge >= 0.3 is 0 Å². The molecule has 0 fully saturated rings. The molecule has 0 saturated heterocycles. The number of nitrogens with two attached hydrogens (primary N) is 1. The molecule has 0 aliphatic carbocycles. The van der Waals surface area contributed by atoms with Crippen molar-refractivity contribution in [2.75, 3.05) is 7.11 Å². The monoisotopic (exact) mass is 310 g/mol. The molecule has 3 aromatic rings. The highest BCUT2D eigenvalue weighted by molar-refractivity contribution is 5.39. The zero-order chi connectivity index (χ0) is 16.1. The molecule has 0 spiro atoms. The Labute approximate surface area is 134 Å². The van der Waals surface area contributed by atoms with E-state index in [4.69, 9.17) is 15.2 Å². The van der Waals surface area contributed by atoms with E-state index in [0.29, 0.717) is 30.3 Å². The molecule has 3 rings (SSSR count). The van der Waals surface area contributed by atoms with Gasteiger partial charge in [0.2, 0.25) is 0 Å². The zero-order valence-electron chi connectivity index (χ0n) is 12.8. The fraction of sp³-hybridized carbons (Fsp3) is 0.176. The number of hydrogen-bond donors (Lipinski definition) is 1. The Hall–Kier alpha value is -2.86. The summed E-state index contributed by atoms with van der Waals surface area (Å²) in [4.78, 5) is 0. The molecular formula is C17H18N4O2. The third-order valence-corrected chi connectivity index (χ3v) is 3.47. The van der Waals surface area contributed by atoms with Crippen LogP contribution in [0, 0.1) is 0 Å². The topological polar surface area (TPSA) is 75.2 Å². The number of rotatable bonds is 6. The molecular weight excluding hydrogens is 292 g/mol. The van der Waals surface area contributed by atoms with E-state index in [-0.39, 0.29) is 0 Å². The molecule has 0 amide bonds. The second-order valence-electron chi connectivity index (χ2n) is 4.87. The van der Waals surface area contributed by atoms with Gasteiger partial charge in [-0.05, 0) is 24.3 Å². The minimum absolute atomic E-state index is 0.300. The molecule has 0 radical (unpaired) electrons. The van der Waals surface area contributed by atoms with E-state index in [0.717, 1.165) is 11.4 Å². The van der Waals surface area contributed by atoms with E-state index in [1.165, 1.54) is 0 Å². The number of hydrogen-bond acceptors (Lipinski definition) is 5. The first-order valence-corrected chi connectivity index (χ1v) is 7.28. The predicted molar refractivity (Wildman–Crippen MR) is 86.6 cm³/mol. The molecule has 2 N–H and O–H groups in total. The van der Waals surface area contributed by atoms with Gasteiger partial charge in [-0.2, -0.15) is 0 Å². The molecule has 0 atom stereocenters. The van der Waals surface area contributed by atoms with Crippen molar-refractivity contribution in [2.45, 2.75) is 13.2 Å². The first-order valence-electron chi connectivity index (χ1n) is 7.28. The van der Waals surface area contributed by atoms with Gasteiger partial charge in [0.05, 0.1) is 12.8 Å². The minimum Gasteiger partial charge on any atom is -0.493 e. The summed E-state index contributed by atoms with van der Waals surface area (Å²) in [5, 5.41) is 8.33. The van der Waals surface area contributed by atoms with Gasteiger partial charge in [0, 0.05) is 6.54 Å². The molecule has 6 nitrogen and oxygen atoms in total. The maximum Gasteiger partial charge on any atom is 0.161 e. The van der Waals surface area contributed by atoms with Gasteiger partial charge < -0.3 is 15.2 Å². The first-order chi connectivity index (χ1) is 11.3. The maximum atomic E-state index is 5.90. The van der Waals surface area contributed by atoms with Crippen molar-refractivity contribution in [1.82, 2.24) is 15.0 Å². The van der Waals surface area contributed by atoms with Gasteiger partial charge in [-0.3, -0.25) is 0 Å². The second-order valence-corrected chi connectivity index (χ2v) is 4.87. The number of aromatic nitrogens is 3. The van der Waals surface area contributed by atoms with Crippen LogP contribution in [0.15, 0.2) is 54.6 Å². The summed E-state index contributed by atoms with van der Waals surface area (Å²) < 4.78 is 12.9. The van der Waals surface area contributed by atoms with Crippen molar-refractivity contribution in [3.05, 3.63) is 66.0 Å². The van der Waals surface area contributed by atoms with Crippen LogP contribution in [-0.2, 0) is 13.2 Å². The van der Waals surface area contributed by atoms with Crippen molar-refractivity contribution < 1.29 is 9.47 Å². The summed E-state index contributed by atoms with van der Waals surface area (Å²) in [6, 6.07) is 17.3. The van der Waals surface area contributed by atoms with Crippen LogP contribution in [0.4, 0.5) is 0 Å². The molecule has 0 bridgehead atoms. The summed E-state index contributed by atoms with van der Waals surface area (Å²) in [7, 11) is 1.61. The summed E-state index contributed by atoms with van der Waals surface area (Å²) in [6.45, 7) is 0.603. The zero-order valence-corrected chi connectivity index (χ0v) is 12.8. The molecule has 1 heterocycles. The fourth-order valence-electron chi connectivity index (χ4n) is 2.30. The Morgan fingerprint density at radius 1 is 1.00 bits per heavy atom. The van der Waals surface area contributed by atoms with E-state index in [9.17, 15) is 0 Å². The summed E-state index contributed by atoms with van der Waals surface area (Å²) in [5.41, 5.74) is 8.22.